The summed E-state index contributed by atoms with van der Waals surface area (Å²) in [5, 5.41) is 7.13. The van der Waals surface area contributed by atoms with Gasteiger partial charge in [0.25, 0.3) is 0 Å². The van der Waals surface area contributed by atoms with Crippen LogP contribution in [0.2, 0.25) is 0 Å². The summed E-state index contributed by atoms with van der Waals surface area (Å²) in [5.41, 5.74) is 4.69. The van der Waals surface area contributed by atoms with E-state index in [9.17, 15) is 0 Å². The van der Waals surface area contributed by atoms with Crippen LogP contribution in [0.25, 0.3) is 0 Å². The summed E-state index contributed by atoms with van der Waals surface area (Å²) in [7, 11) is 1.83. The average molecular weight is 811 g/mol. The van der Waals surface area contributed by atoms with E-state index in [2.05, 4.69) is 105 Å². The predicted molar refractivity (Wildman–Crippen MR) is 184 cm³/mol. The fourth-order valence-corrected chi connectivity index (χ4v) is 4.33. The molecule has 234 valence electrons. The monoisotopic (exact) mass is 810 g/mol. The van der Waals surface area contributed by atoms with Gasteiger partial charge in [-0.1, -0.05) is 94.0 Å². The number of ether oxygens (including phenoxy) is 1. The normalized spacial score (nSPS) is 19.2. The third-order valence-electron chi connectivity index (χ3n) is 6.89. The molecule has 1 aliphatic rings. The van der Waals surface area contributed by atoms with Gasteiger partial charge >= 0.3 is 31.1 Å². The van der Waals surface area contributed by atoms with Crippen molar-refractivity contribution in [2.75, 3.05) is 13.7 Å². The molecule has 0 unspecified atom stereocenters. The third-order valence-corrected chi connectivity index (χ3v) is 6.89. The summed E-state index contributed by atoms with van der Waals surface area (Å²) < 4.78 is 6.19. The molecule has 0 aliphatic carbocycles. The van der Waals surface area contributed by atoms with Crippen molar-refractivity contribution in [2.24, 2.45) is 9.98 Å². The van der Waals surface area contributed by atoms with Gasteiger partial charge < -0.3 is 29.7 Å². The van der Waals surface area contributed by atoms with E-state index in [0.29, 0.717) is 6.54 Å². The number of hydrogen-bond acceptors (Lipinski definition) is 4. The SMILES string of the molecule is CCC/C=C1/N=C(\c2ccccc2C)NC(=NC)/C=C(\C)CCCCCCCOc2ccccc2CN1.[CH2-]CCC.[CH3-].[U+2]. The molecule has 0 amide bonds. The second kappa shape index (κ2) is 25.1. The largest absolute Gasteiger partial charge is 2.00 e. The van der Waals surface area contributed by atoms with Crippen LogP contribution in [0.1, 0.15) is 102 Å². The predicted octanol–water partition coefficient (Wildman–Crippen LogP) is 9.54. The summed E-state index contributed by atoms with van der Waals surface area (Å²) in [6.45, 7) is 13.6. The molecule has 2 N–H and O–H groups in total. The molecule has 1 aliphatic heterocycles. The summed E-state index contributed by atoms with van der Waals surface area (Å²) >= 11 is 0. The van der Waals surface area contributed by atoms with E-state index in [1.54, 1.807) is 0 Å². The van der Waals surface area contributed by atoms with Crippen molar-refractivity contribution < 1.29 is 35.9 Å². The minimum Gasteiger partial charge on any atom is -0.493 e. The number of nitrogens with zero attached hydrogens (tertiary/aromatic N) is 2. The van der Waals surface area contributed by atoms with Crippen LogP contribution in [0.3, 0.4) is 0 Å². The molecular formula is C37H56N4OU. The van der Waals surface area contributed by atoms with Gasteiger partial charge in [0.05, 0.1) is 6.61 Å². The molecule has 0 saturated carbocycles. The molecule has 0 atom stereocenters. The summed E-state index contributed by atoms with van der Waals surface area (Å²) in [4.78, 5) is 9.68. The first kappa shape index (κ1) is 40.7. The molecule has 2 aromatic rings. The van der Waals surface area contributed by atoms with Crippen LogP contribution in [0.15, 0.2) is 82.1 Å². The Morgan fingerprint density at radius 3 is 2.33 bits per heavy atom. The van der Waals surface area contributed by atoms with Crippen molar-refractivity contribution in [3.8, 4) is 5.75 Å². The minimum atomic E-state index is 0. The number of benzene rings is 2. The zero-order valence-electron chi connectivity index (χ0n) is 27.8. The maximum absolute atomic E-state index is 6.19. The zero-order chi connectivity index (χ0) is 29.7. The van der Waals surface area contributed by atoms with E-state index in [-0.39, 0.29) is 38.5 Å². The zero-order valence-corrected chi connectivity index (χ0v) is 31.9. The van der Waals surface area contributed by atoms with Crippen LogP contribution in [0.4, 0.5) is 0 Å². The second-order valence-corrected chi connectivity index (χ2v) is 10.6. The van der Waals surface area contributed by atoms with Crippen molar-refractivity contribution >= 4 is 11.7 Å². The number of rotatable bonds is 4. The first-order chi connectivity index (χ1) is 20.0. The van der Waals surface area contributed by atoms with E-state index in [4.69, 9.17) is 9.73 Å². The molecule has 0 radical (unpaired) electrons. The van der Waals surface area contributed by atoms with E-state index in [0.717, 1.165) is 78.6 Å². The summed E-state index contributed by atoms with van der Waals surface area (Å²) in [5.74, 6) is 3.41. The van der Waals surface area contributed by atoms with E-state index in [1.165, 1.54) is 37.7 Å². The number of hydrogen-bond donors (Lipinski definition) is 2. The average Bonchev–Trinajstić information content (AvgIpc) is 2.99. The molecule has 2 aromatic carbocycles. The Balaban J connectivity index is 0.00000276. The van der Waals surface area contributed by atoms with Gasteiger partial charge in [0.2, 0.25) is 0 Å². The van der Waals surface area contributed by atoms with Crippen LogP contribution in [-0.4, -0.2) is 25.3 Å². The Hall–Kier alpha value is -2.29. The Morgan fingerprint density at radius 1 is 0.953 bits per heavy atom. The number of fused-ring (bicyclic) bond motifs is 1. The van der Waals surface area contributed by atoms with Crippen molar-refractivity contribution in [3.05, 3.63) is 103 Å². The first-order valence-corrected chi connectivity index (χ1v) is 15.5. The van der Waals surface area contributed by atoms with Crippen LogP contribution in [0, 0.1) is 52.4 Å². The topological polar surface area (TPSA) is 58.0 Å². The number of aliphatic imine (C=N–C) groups is 2. The maximum atomic E-state index is 6.19. The number of para-hydroxylation sites is 1. The third kappa shape index (κ3) is 16.4. The molecule has 0 aromatic heterocycles. The molecule has 5 nitrogen and oxygen atoms in total. The van der Waals surface area contributed by atoms with Crippen molar-refractivity contribution in [2.45, 2.75) is 98.4 Å². The molecule has 6 heteroatoms. The minimum absolute atomic E-state index is 0. The van der Waals surface area contributed by atoms with Gasteiger partial charge in [0.15, 0.2) is 0 Å². The Bertz CT molecular complexity index is 1150. The fourth-order valence-electron chi connectivity index (χ4n) is 4.33. The number of allylic oxidation sites excluding steroid dienone is 2. The van der Waals surface area contributed by atoms with Gasteiger partial charge in [-0.05, 0) is 63.3 Å². The molecule has 1 heterocycles. The first-order valence-electron chi connectivity index (χ1n) is 15.5. The fraction of sp³-hybridized carbons (Fsp3) is 0.459. The van der Waals surface area contributed by atoms with E-state index < -0.39 is 0 Å². The van der Waals surface area contributed by atoms with Gasteiger partial charge in [-0.15, -0.1) is 0 Å². The van der Waals surface area contributed by atoms with Gasteiger partial charge in [-0.3, -0.25) is 4.99 Å². The molecule has 0 bridgehead atoms. The van der Waals surface area contributed by atoms with Gasteiger partial charge in [-0.25, -0.2) is 4.99 Å². The molecule has 0 saturated heterocycles. The van der Waals surface area contributed by atoms with Crippen LogP contribution >= 0.6 is 0 Å². The summed E-state index contributed by atoms with van der Waals surface area (Å²) in [6, 6.07) is 16.7. The summed E-state index contributed by atoms with van der Waals surface area (Å²) in [6.07, 6.45) is 15.6. The van der Waals surface area contributed by atoms with Crippen LogP contribution < -0.4 is 15.4 Å². The van der Waals surface area contributed by atoms with Gasteiger partial charge in [0, 0.05) is 24.7 Å². The Labute approximate surface area is 287 Å². The molecule has 0 spiro atoms. The molecule has 3 rings (SSSR count). The van der Waals surface area contributed by atoms with E-state index >= 15 is 0 Å². The Morgan fingerprint density at radius 2 is 1.63 bits per heavy atom. The van der Waals surface area contributed by atoms with Crippen molar-refractivity contribution in [1.29, 1.82) is 0 Å². The van der Waals surface area contributed by atoms with Crippen molar-refractivity contribution in [1.82, 2.24) is 10.6 Å². The van der Waals surface area contributed by atoms with Crippen LogP contribution in [-0.2, 0) is 6.54 Å². The van der Waals surface area contributed by atoms with Crippen LogP contribution in [0.5, 0.6) is 5.75 Å². The molecular weight excluding hydrogens is 754 g/mol. The smallest absolute Gasteiger partial charge is 0.493 e. The standard InChI is InChI=1S/C32H44N4O.C4H9.CH3.U/c1-5-6-21-30-34-24-27-18-12-14-20-29(27)37-22-15-9-7-8-10-16-25(2)23-31(33-4)36-32(35-30)28-19-13-11-17-26(28)3;1-3-4-2;;/h11-14,17-21,23,34H,5-10,15-16,22,24H2,1-4H3,(H,33,35,36);1,3-4H2,2H3;1H3;/q;2*-1;+2/b25-23+,30-21+;;;. The number of aryl methyl sites for hydroxylation is 1. The van der Waals surface area contributed by atoms with Gasteiger partial charge in [0.1, 0.15) is 23.2 Å². The van der Waals surface area contributed by atoms with Gasteiger partial charge in [-0.2, -0.15) is 6.42 Å². The molecule has 0 fully saturated rings. The number of nitrogens with one attached hydrogen (secondary N) is 2. The van der Waals surface area contributed by atoms with E-state index in [1.807, 2.05) is 13.1 Å². The second-order valence-electron chi connectivity index (χ2n) is 10.6. The molecule has 43 heavy (non-hydrogen) atoms. The quantitative estimate of drug-likeness (QED) is 0.303. The maximum Gasteiger partial charge on any atom is 2.00 e. The Kier molecular flexibility index (Phi) is 23.7. The number of amidine groups is 2. The van der Waals surface area contributed by atoms with Crippen molar-refractivity contribution in [3.63, 3.8) is 0 Å². The number of unbranched alkanes of at least 4 members (excludes halogenated alkanes) is 2.